The normalized spacial score (nSPS) is 13.8. The zero-order chi connectivity index (χ0) is 19.6. The first-order chi connectivity index (χ1) is 12.8. The lowest BCUT2D eigenvalue weighted by molar-refractivity contribution is 0.00699. The van der Waals surface area contributed by atoms with Crippen LogP contribution in [0.5, 0.6) is 0 Å². The van der Waals surface area contributed by atoms with Crippen LogP contribution in [-0.2, 0) is 23.5 Å². The van der Waals surface area contributed by atoms with Crippen molar-refractivity contribution in [1.82, 2.24) is 0 Å². The second-order valence-electron chi connectivity index (χ2n) is 7.71. The van der Waals surface area contributed by atoms with Crippen LogP contribution >= 0.6 is 22.9 Å². The van der Waals surface area contributed by atoms with Gasteiger partial charge in [0.1, 0.15) is 10.6 Å². The number of hydrogen-bond donors (Lipinski definition) is 1. The molecule has 1 aromatic heterocycles. The number of nitrogens with one attached hydrogen (secondary N) is 1. The summed E-state index contributed by atoms with van der Waals surface area (Å²) < 4.78 is 5.61. The van der Waals surface area contributed by atoms with Crippen LogP contribution in [-0.4, -0.2) is 17.5 Å². The molecular weight excluding hydrogens is 382 g/mol. The monoisotopic (exact) mass is 405 g/mol. The minimum absolute atomic E-state index is 0.245. The van der Waals surface area contributed by atoms with Crippen molar-refractivity contribution in [3.05, 3.63) is 51.4 Å². The van der Waals surface area contributed by atoms with Crippen molar-refractivity contribution in [2.24, 2.45) is 0 Å². The highest BCUT2D eigenvalue weighted by Gasteiger charge is 2.29. The number of thiophene rings is 1. The molecule has 3 rings (SSSR count). The van der Waals surface area contributed by atoms with Gasteiger partial charge in [-0.15, -0.1) is 22.9 Å². The topological polar surface area (TPSA) is 55.4 Å². The fraction of sp³-hybridized carbons (Fsp3) is 0.429. The van der Waals surface area contributed by atoms with Gasteiger partial charge in [-0.2, -0.15) is 0 Å². The molecule has 0 radical (unpaired) electrons. The average Bonchev–Trinajstić information content (AvgIpc) is 2.98. The van der Waals surface area contributed by atoms with Gasteiger partial charge in [0.15, 0.2) is 0 Å². The third kappa shape index (κ3) is 4.71. The summed E-state index contributed by atoms with van der Waals surface area (Å²) in [5.41, 5.74) is 2.37. The maximum atomic E-state index is 12.8. The van der Waals surface area contributed by atoms with E-state index in [1.54, 1.807) is 18.2 Å². The molecule has 0 spiro atoms. The highest BCUT2D eigenvalue weighted by molar-refractivity contribution is 7.17. The Morgan fingerprint density at radius 2 is 1.96 bits per heavy atom. The van der Waals surface area contributed by atoms with E-state index in [1.165, 1.54) is 16.2 Å². The van der Waals surface area contributed by atoms with Crippen LogP contribution in [0.2, 0.25) is 0 Å². The molecule has 0 fully saturated rings. The van der Waals surface area contributed by atoms with Crippen LogP contribution in [0, 0.1) is 0 Å². The highest BCUT2D eigenvalue weighted by Crippen LogP contribution is 2.39. The number of carbonyl (C=O) groups is 2. The number of fused-ring (bicyclic) bond motifs is 1. The second-order valence-corrected chi connectivity index (χ2v) is 9.08. The summed E-state index contributed by atoms with van der Waals surface area (Å²) in [6.07, 6.45) is 3.93. The number of aryl methyl sites for hydroxylation is 1. The Morgan fingerprint density at radius 3 is 2.67 bits per heavy atom. The average molecular weight is 406 g/mol. The van der Waals surface area contributed by atoms with Crippen molar-refractivity contribution in [3.8, 4) is 0 Å². The molecule has 0 bridgehead atoms. The predicted molar refractivity (Wildman–Crippen MR) is 110 cm³/mol. The Labute approximate surface area is 168 Å². The number of halogens is 1. The van der Waals surface area contributed by atoms with Crippen LogP contribution in [0.25, 0.3) is 0 Å². The number of hydrogen-bond acceptors (Lipinski definition) is 4. The zero-order valence-corrected chi connectivity index (χ0v) is 17.4. The second kappa shape index (κ2) is 8.03. The lowest BCUT2D eigenvalue weighted by Crippen LogP contribution is -2.25. The first-order valence-electron chi connectivity index (χ1n) is 9.12. The minimum atomic E-state index is -0.587. The number of ether oxygens (including phenoxy) is 1. The third-order valence-electron chi connectivity index (χ3n) is 4.34. The van der Waals surface area contributed by atoms with E-state index in [1.807, 2.05) is 26.8 Å². The fourth-order valence-corrected chi connectivity index (χ4v) is 4.61. The molecule has 1 aliphatic carbocycles. The van der Waals surface area contributed by atoms with E-state index in [4.69, 9.17) is 16.3 Å². The molecule has 6 heteroatoms. The van der Waals surface area contributed by atoms with E-state index in [0.29, 0.717) is 22.0 Å². The Hall–Kier alpha value is -1.85. The van der Waals surface area contributed by atoms with Gasteiger partial charge in [-0.05, 0) is 69.7 Å². The summed E-state index contributed by atoms with van der Waals surface area (Å²) in [4.78, 5) is 26.8. The number of anilines is 1. The molecule has 27 heavy (non-hydrogen) atoms. The Kier molecular flexibility index (Phi) is 5.92. The van der Waals surface area contributed by atoms with Gasteiger partial charge in [0, 0.05) is 16.3 Å². The molecule has 1 aliphatic rings. The van der Waals surface area contributed by atoms with E-state index in [9.17, 15) is 9.59 Å². The standard InChI is InChI=1S/C21H24ClNO3S/c1-21(2,3)26-20(25)17-15-9-4-5-10-16(15)27-19(17)23-18(24)14-8-6-7-13(11-14)12-22/h6-8,11H,4-5,9-10,12H2,1-3H3,(H,23,24). The first-order valence-corrected chi connectivity index (χ1v) is 10.5. The smallest absolute Gasteiger partial charge is 0.341 e. The van der Waals surface area contributed by atoms with E-state index in [0.717, 1.165) is 36.8 Å². The van der Waals surface area contributed by atoms with E-state index < -0.39 is 5.60 Å². The summed E-state index contributed by atoms with van der Waals surface area (Å²) in [6.45, 7) is 5.54. The molecule has 4 nitrogen and oxygen atoms in total. The van der Waals surface area contributed by atoms with E-state index in [2.05, 4.69) is 5.32 Å². The van der Waals surface area contributed by atoms with Crippen LogP contribution in [0.4, 0.5) is 5.00 Å². The Morgan fingerprint density at radius 1 is 1.22 bits per heavy atom. The summed E-state index contributed by atoms with van der Waals surface area (Å²) in [6, 6.07) is 7.19. The van der Waals surface area contributed by atoms with Gasteiger partial charge >= 0.3 is 5.97 Å². The molecule has 0 unspecified atom stereocenters. The highest BCUT2D eigenvalue weighted by atomic mass is 35.5. The van der Waals surface area contributed by atoms with E-state index in [-0.39, 0.29) is 11.9 Å². The number of esters is 1. The van der Waals surface area contributed by atoms with Gasteiger partial charge in [-0.1, -0.05) is 12.1 Å². The third-order valence-corrected chi connectivity index (χ3v) is 5.86. The fourth-order valence-electron chi connectivity index (χ4n) is 3.17. The van der Waals surface area contributed by atoms with E-state index >= 15 is 0 Å². The van der Waals surface area contributed by atoms with Crippen LogP contribution in [0.15, 0.2) is 24.3 Å². The first kappa shape index (κ1) is 19.9. The van der Waals surface area contributed by atoms with Gasteiger partial charge in [0.2, 0.25) is 0 Å². The Bertz CT molecular complexity index is 867. The van der Waals surface area contributed by atoms with Crippen molar-refractivity contribution in [2.45, 2.75) is 57.9 Å². The van der Waals surface area contributed by atoms with Crippen molar-refractivity contribution >= 4 is 39.8 Å². The number of alkyl halides is 1. The summed E-state index contributed by atoms with van der Waals surface area (Å²) in [5, 5.41) is 3.52. The zero-order valence-electron chi connectivity index (χ0n) is 15.9. The molecule has 144 valence electrons. The van der Waals surface area contributed by atoms with Gasteiger partial charge in [0.25, 0.3) is 5.91 Å². The summed E-state index contributed by atoms with van der Waals surface area (Å²) >= 11 is 7.36. The van der Waals surface area contributed by atoms with Gasteiger partial charge < -0.3 is 10.1 Å². The number of amides is 1. The lowest BCUT2D eigenvalue weighted by Gasteiger charge is -2.21. The SMILES string of the molecule is CC(C)(C)OC(=O)c1c(NC(=O)c2cccc(CCl)c2)sc2c1CCCC2. The summed E-state index contributed by atoms with van der Waals surface area (Å²) in [7, 11) is 0. The number of rotatable bonds is 4. The van der Waals surface area contributed by atoms with Crippen molar-refractivity contribution < 1.29 is 14.3 Å². The lowest BCUT2D eigenvalue weighted by atomic mass is 9.95. The molecule has 1 heterocycles. The maximum Gasteiger partial charge on any atom is 0.341 e. The molecule has 1 amide bonds. The van der Waals surface area contributed by atoms with Gasteiger partial charge in [0.05, 0.1) is 5.56 Å². The minimum Gasteiger partial charge on any atom is -0.456 e. The molecule has 0 saturated heterocycles. The largest absolute Gasteiger partial charge is 0.456 e. The van der Waals surface area contributed by atoms with Crippen LogP contribution in [0.1, 0.15) is 70.3 Å². The van der Waals surface area contributed by atoms with Crippen molar-refractivity contribution in [3.63, 3.8) is 0 Å². The quantitative estimate of drug-likeness (QED) is 0.534. The van der Waals surface area contributed by atoms with Crippen LogP contribution in [0.3, 0.4) is 0 Å². The summed E-state index contributed by atoms with van der Waals surface area (Å²) in [5.74, 6) is -0.269. The molecule has 0 atom stereocenters. The number of benzene rings is 1. The van der Waals surface area contributed by atoms with Gasteiger partial charge in [-0.3, -0.25) is 4.79 Å². The molecule has 1 N–H and O–H groups in total. The molecule has 1 aromatic carbocycles. The predicted octanol–water partition coefficient (Wildman–Crippen LogP) is 5.57. The van der Waals surface area contributed by atoms with Gasteiger partial charge in [-0.25, -0.2) is 4.79 Å². The number of carbonyl (C=O) groups excluding carboxylic acids is 2. The van der Waals surface area contributed by atoms with Crippen molar-refractivity contribution in [1.29, 1.82) is 0 Å². The Balaban J connectivity index is 1.93. The maximum absolute atomic E-state index is 12.8. The molecule has 2 aromatic rings. The molecule has 0 saturated carbocycles. The van der Waals surface area contributed by atoms with Crippen molar-refractivity contribution in [2.75, 3.05) is 5.32 Å². The van der Waals surface area contributed by atoms with Crippen LogP contribution < -0.4 is 5.32 Å². The molecule has 0 aliphatic heterocycles. The molecular formula is C21H24ClNO3S.